The number of ether oxygens (including phenoxy) is 1. The average Bonchev–Trinajstić information content (AvgIpc) is 1.63. The normalized spacial score (nSPS) is 9.67. The van der Waals surface area contributed by atoms with Crippen LogP contribution < -0.4 is 0 Å². The van der Waals surface area contributed by atoms with E-state index in [1.165, 1.54) is 0 Å². The predicted octanol–water partition coefficient (Wildman–Crippen LogP) is 0.915. The summed E-state index contributed by atoms with van der Waals surface area (Å²) in [6, 6.07) is 0. The third-order valence-electron chi connectivity index (χ3n) is 0.716. The van der Waals surface area contributed by atoms with Crippen LogP contribution in [0.25, 0.3) is 0 Å². The molecule has 0 saturated carbocycles. The lowest BCUT2D eigenvalue weighted by molar-refractivity contribution is -0.146. The molecule has 2 nitrogen and oxygen atoms in total. The van der Waals surface area contributed by atoms with E-state index in [2.05, 4.69) is 0 Å². The molecule has 0 aliphatic rings. The second kappa shape index (κ2) is 4.42. The van der Waals surface area contributed by atoms with E-state index in [9.17, 15) is 4.79 Å². The second-order valence-electron chi connectivity index (χ2n) is 2.08. The molecule has 0 unspecified atom stereocenters. The Hall–Kier alpha value is -0.465. The third kappa shape index (κ3) is 5.41. The zero-order valence-corrected chi connectivity index (χ0v) is 5.89. The van der Waals surface area contributed by atoms with E-state index in [0.717, 1.165) is 0 Å². The molecule has 0 spiro atoms. The molecular formula is C6H11BO2. The van der Waals surface area contributed by atoms with Crippen LogP contribution in [-0.2, 0) is 9.53 Å². The molecule has 0 aromatic heterocycles. The van der Waals surface area contributed by atoms with Crippen molar-refractivity contribution in [1.82, 2.24) is 0 Å². The van der Waals surface area contributed by atoms with Gasteiger partial charge in [0.2, 0.25) is 0 Å². The van der Waals surface area contributed by atoms with E-state index in [-0.39, 0.29) is 12.1 Å². The van der Waals surface area contributed by atoms with E-state index in [1.807, 2.05) is 13.8 Å². The van der Waals surface area contributed by atoms with Gasteiger partial charge in [-0.3, -0.25) is 4.79 Å². The van der Waals surface area contributed by atoms with Crippen LogP contribution in [0, 0.1) is 0 Å². The maximum atomic E-state index is 10.6. The van der Waals surface area contributed by atoms with Crippen molar-refractivity contribution in [1.29, 1.82) is 0 Å². The van der Waals surface area contributed by atoms with Gasteiger partial charge in [0.05, 0.1) is 14.0 Å². The van der Waals surface area contributed by atoms with Crippen LogP contribution in [-0.4, -0.2) is 19.9 Å². The molecule has 0 saturated heterocycles. The van der Waals surface area contributed by atoms with Gasteiger partial charge in [-0.1, -0.05) is 6.32 Å². The van der Waals surface area contributed by atoms with Crippen molar-refractivity contribution in [2.75, 3.05) is 0 Å². The number of carbonyl (C=O) groups is 1. The van der Waals surface area contributed by atoms with Gasteiger partial charge < -0.3 is 4.74 Å². The van der Waals surface area contributed by atoms with Crippen LogP contribution in [0.3, 0.4) is 0 Å². The zero-order chi connectivity index (χ0) is 7.28. The van der Waals surface area contributed by atoms with Gasteiger partial charge >= 0.3 is 5.97 Å². The van der Waals surface area contributed by atoms with Gasteiger partial charge in [0.25, 0.3) is 0 Å². The first-order valence-corrected chi connectivity index (χ1v) is 3.06. The summed E-state index contributed by atoms with van der Waals surface area (Å²) >= 11 is 0. The molecule has 2 radical (unpaired) electrons. The van der Waals surface area contributed by atoms with Crippen molar-refractivity contribution in [2.45, 2.75) is 32.7 Å². The Bertz CT molecular complexity index is 91.1. The molecule has 0 aromatic rings. The Kier molecular flexibility index (Phi) is 4.19. The molecule has 0 N–H and O–H groups in total. The van der Waals surface area contributed by atoms with Crippen LogP contribution >= 0.6 is 0 Å². The quantitative estimate of drug-likeness (QED) is 0.415. The summed E-state index contributed by atoms with van der Waals surface area (Å²) in [6.45, 7) is 3.63. The zero-order valence-electron chi connectivity index (χ0n) is 5.89. The Balaban J connectivity index is 3.27. The van der Waals surface area contributed by atoms with Gasteiger partial charge in [-0.2, -0.15) is 0 Å². The Labute approximate surface area is 57.0 Å². The van der Waals surface area contributed by atoms with E-state index in [1.54, 1.807) is 0 Å². The maximum Gasteiger partial charge on any atom is 0.305 e. The maximum absolute atomic E-state index is 10.6. The molecule has 9 heavy (non-hydrogen) atoms. The summed E-state index contributed by atoms with van der Waals surface area (Å²) in [4.78, 5) is 10.6. The number of hydrogen-bond donors (Lipinski definition) is 0. The van der Waals surface area contributed by atoms with Crippen molar-refractivity contribution in [3.63, 3.8) is 0 Å². The largest absolute Gasteiger partial charge is 0.463 e. The Morgan fingerprint density at radius 2 is 2.22 bits per heavy atom. The molecule has 0 rings (SSSR count). The van der Waals surface area contributed by atoms with E-state index in [4.69, 9.17) is 12.6 Å². The molecule has 0 amide bonds. The van der Waals surface area contributed by atoms with Gasteiger partial charge in [0, 0.05) is 6.42 Å². The minimum atomic E-state index is -0.215. The molecule has 0 bridgehead atoms. The SMILES string of the molecule is [B]CCC(=O)OC(C)C. The molecule has 0 atom stereocenters. The first-order valence-electron chi connectivity index (χ1n) is 3.06. The third-order valence-corrected chi connectivity index (χ3v) is 0.716. The van der Waals surface area contributed by atoms with Crippen molar-refractivity contribution in [3.05, 3.63) is 0 Å². The van der Waals surface area contributed by atoms with Crippen LogP contribution in [0.15, 0.2) is 0 Å². The highest BCUT2D eigenvalue weighted by Crippen LogP contribution is 1.94. The minimum absolute atomic E-state index is 0.0240. The highest BCUT2D eigenvalue weighted by atomic mass is 16.5. The minimum Gasteiger partial charge on any atom is -0.463 e. The van der Waals surface area contributed by atoms with Gasteiger partial charge in [0.1, 0.15) is 0 Å². The molecule has 3 heteroatoms. The topological polar surface area (TPSA) is 26.3 Å². The number of carbonyl (C=O) groups excluding carboxylic acids is 1. The molecule has 0 fully saturated rings. The summed E-state index contributed by atoms with van der Waals surface area (Å²) in [7, 11) is 5.10. The van der Waals surface area contributed by atoms with Gasteiger partial charge in [-0.15, -0.1) is 0 Å². The fourth-order valence-corrected chi connectivity index (χ4v) is 0.440. The smallest absolute Gasteiger partial charge is 0.305 e. The van der Waals surface area contributed by atoms with Crippen molar-refractivity contribution in [3.8, 4) is 0 Å². The van der Waals surface area contributed by atoms with Crippen LogP contribution in [0.2, 0.25) is 6.32 Å². The van der Waals surface area contributed by atoms with Gasteiger partial charge in [-0.25, -0.2) is 0 Å². The highest BCUT2D eigenvalue weighted by molar-refractivity contribution is 6.09. The number of rotatable bonds is 3. The average molecular weight is 126 g/mol. The highest BCUT2D eigenvalue weighted by Gasteiger charge is 2.01. The van der Waals surface area contributed by atoms with Crippen LogP contribution in [0.1, 0.15) is 20.3 Å². The van der Waals surface area contributed by atoms with Crippen molar-refractivity contribution in [2.24, 2.45) is 0 Å². The summed E-state index contributed by atoms with van der Waals surface area (Å²) in [5, 5.41) is 0. The fraction of sp³-hybridized carbons (Fsp3) is 0.833. The molecule has 0 aliphatic heterocycles. The molecule has 0 aliphatic carbocycles. The summed E-state index contributed by atoms with van der Waals surface area (Å²) in [6.07, 6.45) is 0.660. The Morgan fingerprint density at radius 1 is 1.67 bits per heavy atom. The Morgan fingerprint density at radius 3 is 2.56 bits per heavy atom. The summed E-state index contributed by atoms with van der Waals surface area (Å²) in [5.74, 6) is -0.215. The summed E-state index contributed by atoms with van der Waals surface area (Å²) in [5.41, 5.74) is 0. The van der Waals surface area contributed by atoms with Crippen LogP contribution in [0.5, 0.6) is 0 Å². The fourth-order valence-electron chi connectivity index (χ4n) is 0.440. The van der Waals surface area contributed by atoms with Gasteiger partial charge in [-0.05, 0) is 13.8 Å². The summed E-state index contributed by atoms with van der Waals surface area (Å²) < 4.78 is 4.77. The van der Waals surface area contributed by atoms with E-state index in [0.29, 0.717) is 12.7 Å². The van der Waals surface area contributed by atoms with Crippen LogP contribution in [0.4, 0.5) is 0 Å². The molecule has 50 valence electrons. The molecule has 0 aromatic carbocycles. The molecule has 0 heterocycles. The van der Waals surface area contributed by atoms with Crippen molar-refractivity contribution < 1.29 is 9.53 Å². The van der Waals surface area contributed by atoms with Crippen molar-refractivity contribution >= 4 is 13.8 Å². The second-order valence-corrected chi connectivity index (χ2v) is 2.08. The lowest BCUT2D eigenvalue weighted by atomic mass is 10.0. The molecular weight excluding hydrogens is 115 g/mol. The lowest BCUT2D eigenvalue weighted by Crippen LogP contribution is -2.10. The first-order chi connectivity index (χ1) is 4.16. The monoisotopic (exact) mass is 126 g/mol. The number of hydrogen-bond acceptors (Lipinski definition) is 2. The predicted molar refractivity (Wildman–Crippen MR) is 36.4 cm³/mol. The lowest BCUT2D eigenvalue weighted by Gasteiger charge is -2.05. The van der Waals surface area contributed by atoms with E-state index < -0.39 is 0 Å². The van der Waals surface area contributed by atoms with Gasteiger partial charge in [0.15, 0.2) is 0 Å². The standard InChI is InChI=1S/C6H11BO2/c1-5(2)9-6(8)3-4-7/h5H,3-4H2,1-2H3. The number of esters is 1. The van der Waals surface area contributed by atoms with E-state index >= 15 is 0 Å². The first kappa shape index (κ1) is 8.53.